The van der Waals surface area contributed by atoms with E-state index in [9.17, 15) is 31.1 Å². The Hall–Kier alpha value is -3.36. The molecule has 0 saturated carbocycles. The van der Waals surface area contributed by atoms with Crippen LogP contribution in [0, 0.1) is 0 Å². The van der Waals surface area contributed by atoms with E-state index in [1.165, 1.54) is 11.9 Å². The van der Waals surface area contributed by atoms with Crippen LogP contribution in [0.5, 0.6) is 5.75 Å². The SMILES string of the molecule is CNC1=C(C(=O)NCCOCCO)N(Cc2ccc(Cl)cc2)C(Oc2cc(C(F)(F)F)cc(C(F)(F)F)c2)N1. The summed E-state index contributed by atoms with van der Waals surface area (Å²) in [6.45, 7) is -0.0235. The first-order valence-corrected chi connectivity index (χ1v) is 11.8. The third-order valence-corrected chi connectivity index (χ3v) is 5.63. The topological polar surface area (TPSA) is 95.1 Å². The van der Waals surface area contributed by atoms with Gasteiger partial charge in [-0.3, -0.25) is 4.79 Å². The number of aliphatic hydroxyl groups excluding tert-OH is 1. The zero-order valence-corrected chi connectivity index (χ0v) is 21.2. The Kier molecular flexibility index (Phi) is 9.80. The Bertz CT molecular complexity index is 1140. The lowest BCUT2D eigenvalue weighted by atomic mass is 10.1. The molecule has 2 aromatic rings. The number of aliphatic hydroxyl groups is 1. The second-order valence-electron chi connectivity index (χ2n) is 8.18. The lowest BCUT2D eigenvalue weighted by molar-refractivity contribution is -0.143. The first-order valence-electron chi connectivity index (χ1n) is 11.5. The molecule has 0 aromatic heterocycles. The van der Waals surface area contributed by atoms with Crippen LogP contribution >= 0.6 is 11.6 Å². The first kappa shape index (κ1) is 30.2. The van der Waals surface area contributed by atoms with Crippen LogP contribution in [0.25, 0.3) is 0 Å². The number of alkyl halides is 6. The van der Waals surface area contributed by atoms with Crippen molar-refractivity contribution in [3.63, 3.8) is 0 Å². The fraction of sp³-hybridized carbons (Fsp3) is 0.375. The summed E-state index contributed by atoms with van der Waals surface area (Å²) in [4.78, 5) is 14.4. The highest BCUT2D eigenvalue weighted by Crippen LogP contribution is 2.39. The molecule has 8 nitrogen and oxygen atoms in total. The molecule has 3 rings (SSSR count). The smallest absolute Gasteiger partial charge is 0.416 e. The quantitative estimate of drug-likeness (QED) is 0.237. The zero-order valence-electron chi connectivity index (χ0n) is 20.4. The fourth-order valence-corrected chi connectivity index (χ4v) is 3.74. The van der Waals surface area contributed by atoms with Crippen molar-refractivity contribution in [2.24, 2.45) is 0 Å². The number of rotatable bonds is 11. The highest BCUT2D eigenvalue weighted by atomic mass is 35.5. The van der Waals surface area contributed by atoms with Crippen LogP contribution in [0.2, 0.25) is 5.02 Å². The molecular formula is C24H25ClF6N4O4. The van der Waals surface area contributed by atoms with Crippen molar-refractivity contribution in [1.29, 1.82) is 0 Å². The number of carbonyl (C=O) groups excluding carboxylic acids is 1. The second kappa shape index (κ2) is 12.7. The van der Waals surface area contributed by atoms with Crippen LogP contribution in [-0.4, -0.2) is 55.7 Å². The number of carbonyl (C=O) groups is 1. The molecule has 39 heavy (non-hydrogen) atoms. The van der Waals surface area contributed by atoms with Crippen LogP contribution in [0.3, 0.4) is 0 Å². The van der Waals surface area contributed by atoms with Crippen LogP contribution in [0.4, 0.5) is 26.3 Å². The maximum absolute atomic E-state index is 13.4. The molecule has 2 aromatic carbocycles. The number of hydrogen-bond donors (Lipinski definition) is 4. The average molecular weight is 583 g/mol. The monoisotopic (exact) mass is 582 g/mol. The molecule has 0 radical (unpaired) electrons. The van der Waals surface area contributed by atoms with E-state index in [1.807, 2.05) is 0 Å². The standard InChI is InChI=1S/C24H25ClF6N4O4/c1-32-20-19(21(37)33-6-8-38-9-7-36)35(13-14-2-4-17(25)5-3-14)22(34-20)39-18-11-15(23(26,27)28)10-16(12-18)24(29,30)31/h2-5,10-12,22,32,34,36H,6-9,13H2,1H3,(H,33,37). The van der Waals surface area contributed by atoms with Crippen LogP contribution in [-0.2, 0) is 28.4 Å². The van der Waals surface area contributed by atoms with Gasteiger partial charge in [-0.1, -0.05) is 23.7 Å². The van der Waals surface area contributed by atoms with E-state index in [0.717, 1.165) is 0 Å². The Labute approximate surface area is 224 Å². The maximum Gasteiger partial charge on any atom is 0.416 e. The number of nitrogens with zero attached hydrogens (tertiary/aromatic N) is 1. The van der Waals surface area contributed by atoms with E-state index in [0.29, 0.717) is 22.7 Å². The molecule has 0 saturated heterocycles. The van der Waals surface area contributed by atoms with Gasteiger partial charge in [-0.2, -0.15) is 26.3 Å². The summed E-state index contributed by atoms with van der Waals surface area (Å²) < 4.78 is 90.9. The van der Waals surface area contributed by atoms with E-state index in [2.05, 4.69) is 16.0 Å². The summed E-state index contributed by atoms with van der Waals surface area (Å²) in [5.41, 5.74) is -2.49. The molecule has 1 heterocycles. The zero-order chi connectivity index (χ0) is 28.8. The third kappa shape index (κ3) is 8.07. The molecule has 0 spiro atoms. The number of ether oxygens (including phenoxy) is 2. The molecule has 15 heteroatoms. The summed E-state index contributed by atoms with van der Waals surface area (Å²) >= 11 is 5.94. The third-order valence-electron chi connectivity index (χ3n) is 5.38. The number of amides is 1. The molecule has 1 aliphatic heterocycles. The maximum atomic E-state index is 13.4. The van der Waals surface area contributed by atoms with Crippen molar-refractivity contribution in [2.45, 2.75) is 25.2 Å². The summed E-state index contributed by atoms with van der Waals surface area (Å²) in [6.07, 6.45) is -11.5. The normalized spacial score (nSPS) is 15.8. The van der Waals surface area contributed by atoms with Crippen LogP contribution in [0.1, 0.15) is 16.7 Å². The van der Waals surface area contributed by atoms with Crippen molar-refractivity contribution in [1.82, 2.24) is 20.9 Å². The van der Waals surface area contributed by atoms with Crippen molar-refractivity contribution < 1.29 is 45.7 Å². The molecule has 1 atom stereocenters. The number of nitrogens with one attached hydrogen (secondary N) is 3. The highest BCUT2D eigenvalue weighted by molar-refractivity contribution is 6.30. The molecule has 0 fully saturated rings. The predicted octanol–water partition coefficient (Wildman–Crippen LogP) is 3.66. The average Bonchev–Trinajstić information content (AvgIpc) is 3.20. The lowest BCUT2D eigenvalue weighted by Crippen LogP contribution is -2.44. The van der Waals surface area contributed by atoms with Crippen molar-refractivity contribution in [2.75, 3.05) is 33.4 Å². The summed E-state index contributed by atoms with van der Waals surface area (Å²) in [5, 5.41) is 17.4. The van der Waals surface area contributed by atoms with Crippen molar-refractivity contribution in [3.05, 3.63) is 75.7 Å². The lowest BCUT2D eigenvalue weighted by Gasteiger charge is -2.29. The van der Waals surface area contributed by atoms with Crippen molar-refractivity contribution >= 4 is 17.5 Å². The largest absolute Gasteiger partial charge is 0.452 e. The fourth-order valence-electron chi connectivity index (χ4n) is 3.62. The molecular weight excluding hydrogens is 558 g/mol. The van der Waals surface area contributed by atoms with Crippen LogP contribution in [0.15, 0.2) is 54.0 Å². The minimum absolute atomic E-state index is 0.00453. The van der Waals surface area contributed by atoms with Gasteiger partial charge in [-0.05, 0) is 35.9 Å². The Morgan fingerprint density at radius 2 is 1.67 bits per heavy atom. The second-order valence-corrected chi connectivity index (χ2v) is 8.61. The van der Waals surface area contributed by atoms with E-state index in [4.69, 9.17) is 26.2 Å². The molecule has 1 amide bonds. The van der Waals surface area contributed by atoms with Gasteiger partial charge < -0.3 is 35.4 Å². The van der Waals surface area contributed by atoms with Gasteiger partial charge in [0.15, 0.2) is 0 Å². The van der Waals surface area contributed by atoms with E-state index < -0.39 is 41.5 Å². The Balaban J connectivity index is 1.94. The Morgan fingerprint density at radius 3 is 2.21 bits per heavy atom. The number of benzene rings is 2. The summed E-state index contributed by atoms with van der Waals surface area (Å²) in [5.74, 6) is -1.23. The summed E-state index contributed by atoms with van der Waals surface area (Å²) in [7, 11) is 1.47. The number of hydrogen-bond acceptors (Lipinski definition) is 7. The number of halogens is 7. The van der Waals surface area contributed by atoms with Gasteiger partial charge in [0, 0.05) is 25.2 Å². The minimum Gasteiger partial charge on any atom is -0.452 e. The molecule has 214 valence electrons. The van der Waals surface area contributed by atoms with Gasteiger partial charge >= 0.3 is 12.4 Å². The van der Waals surface area contributed by atoms with Gasteiger partial charge in [0.25, 0.3) is 12.3 Å². The van der Waals surface area contributed by atoms with E-state index in [-0.39, 0.29) is 50.5 Å². The van der Waals surface area contributed by atoms with E-state index >= 15 is 0 Å². The predicted molar refractivity (Wildman–Crippen MR) is 128 cm³/mol. The minimum atomic E-state index is -5.07. The van der Waals surface area contributed by atoms with Gasteiger partial charge in [-0.25, -0.2) is 0 Å². The molecule has 1 aliphatic rings. The van der Waals surface area contributed by atoms with Crippen LogP contribution < -0.4 is 20.7 Å². The van der Waals surface area contributed by atoms with Gasteiger partial charge in [0.1, 0.15) is 17.3 Å². The Morgan fingerprint density at radius 1 is 1.05 bits per heavy atom. The first-order chi connectivity index (χ1) is 18.3. The molecule has 1 unspecified atom stereocenters. The molecule has 0 bridgehead atoms. The van der Waals surface area contributed by atoms with Crippen molar-refractivity contribution in [3.8, 4) is 5.75 Å². The van der Waals surface area contributed by atoms with Gasteiger partial charge in [0.2, 0.25) is 0 Å². The highest BCUT2D eigenvalue weighted by Gasteiger charge is 2.40. The summed E-state index contributed by atoms with van der Waals surface area (Å²) in [6, 6.07) is 7.34. The van der Waals surface area contributed by atoms with Gasteiger partial charge in [-0.15, -0.1) is 0 Å². The van der Waals surface area contributed by atoms with Gasteiger partial charge in [0.05, 0.1) is 30.9 Å². The van der Waals surface area contributed by atoms with E-state index in [1.54, 1.807) is 24.3 Å². The molecule has 4 N–H and O–H groups in total. The molecule has 0 aliphatic carbocycles.